The summed E-state index contributed by atoms with van der Waals surface area (Å²) in [6.07, 6.45) is 0. The van der Waals surface area contributed by atoms with Gasteiger partial charge < -0.3 is 0 Å². The van der Waals surface area contributed by atoms with Crippen LogP contribution >= 0.6 is 31.7 Å². The smallest absolute Gasteiger partial charge is 0.00492 e. The van der Waals surface area contributed by atoms with Gasteiger partial charge in [-0.25, -0.2) is 0 Å². The number of benzene rings is 8. The Hall–Kier alpha value is -5.30. The predicted octanol–water partition coefficient (Wildman–Crippen LogP) is 14.4. The van der Waals surface area contributed by atoms with Crippen LogP contribution < -0.4 is 21.2 Å². The van der Waals surface area contributed by atoms with Gasteiger partial charge in [-0.2, -0.15) is 0 Å². The molecule has 2 aliphatic rings. The SMILES string of the molecule is c1ccc(C2=C(c3ccccc3)P(c3ccccc3)C(=C3P(c4ccccc4)C(c4ccccc4)=C(c4ccccc4)P3c3ccccc3)P2c2ccccc2)cc1. The van der Waals surface area contributed by atoms with E-state index in [1.54, 1.807) is 10.1 Å². The molecule has 0 amide bonds. The maximum Gasteiger partial charge on any atom is 0.00492 e. The summed E-state index contributed by atoms with van der Waals surface area (Å²) in [6.45, 7) is 0. The fourth-order valence-corrected chi connectivity index (χ4v) is 24.5. The lowest BCUT2D eigenvalue weighted by molar-refractivity contribution is 1.63. The summed E-state index contributed by atoms with van der Waals surface area (Å²) in [7, 11) is -3.99. The first-order chi connectivity index (χ1) is 28.9. The van der Waals surface area contributed by atoms with Crippen molar-refractivity contribution in [1.29, 1.82) is 0 Å². The molecule has 4 atom stereocenters. The van der Waals surface area contributed by atoms with Crippen molar-refractivity contribution in [1.82, 2.24) is 0 Å². The Bertz CT molecular complexity index is 2350. The first-order valence-electron chi connectivity index (χ1n) is 19.7. The van der Waals surface area contributed by atoms with Crippen LogP contribution in [-0.2, 0) is 0 Å². The van der Waals surface area contributed by atoms with Gasteiger partial charge in [-0.05, 0) is 75.2 Å². The van der Waals surface area contributed by atoms with Crippen molar-refractivity contribution in [2.24, 2.45) is 0 Å². The molecule has 2 aliphatic heterocycles. The highest BCUT2D eigenvalue weighted by Crippen LogP contribution is 2.90. The molecule has 0 nitrogen and oxygen atoms in total. The van der Waals surface area contributed by atoms with Gasteiger partial charge >= 0.3 is 0 Å². The van der Waals surface area contributed by atoms with Crippen molar-refractivity contribution in [3.63, 3.8) is 0 Å². The molecule has 8 aromatic rings. The third-order valence-corrected chi connectivity index (χ3v) is 23.7. The summed E-state index contributed by atoms with van der Waals surface area (Å²) in [5.74, 6) is 0. The highest BCUT2D eigenvalue weighted by molar-refractivity contribution is 8.07. The Morgan fingerprint density at radius 3 is 0.500 bits per heavy atom. The molecule has 0 aliphatic carbocycles. The summed E-state index contributed by atoms with van der Waals surface area (Å²) in [5, 5.41) is 14.9. The second kappa shape index (κ2) is 16.9. The van der Waals surface area contributed by atoms with E-state index in [1.807, 2.05) is 0 Å². The van der Waals surface area contributed by atoms with E-state index in [1.165, 1.54) is 64.7 Å². The van der Waals surface area contributed by atoms with E-state index in [0.717, 1.165) is 0 Å². The highest BCUT2D eigenvalue weighted by Gasteiger charge is 2.50. The molecule has 4 heteroatoms. The van der Waals surface area contributed by atoms with Gasteiger partial charge in [0.05, 0.1) is 0 Å². The number of hydrogen-bond donors (Lipinski definition) is 0. The molecule has 8 aromatic carbocycles. The van der Waals surface area contributed by atoms with E-state index in [-0.39, 0.29) is 0 Å². The Kier molecular flexibility index (Phi) is 10.8. The Balaban J connectivity index is 1.43. The second-order valence-electron chi connectivity index (χ2n) is 14.2. The highest BCUT2D eigenvalue weighted by atomic mass is 31.2. The van der Waals surface area contributed by atoms with Gasteiger partial charge in [0.15, 0.2) is 0 Å². The summed E-state index contributed by atoms with van der Waals surface area (Å²) in [4.78, 5) is 0. The van der Waals surface area contributed by atoms with Crippen LogP contribution in [0.2, 0.25) is 0 Å². The lowest BCUT2D eigenvalue weighted by Crippen LogP contribution is -2.08. The topological polar surface area (TPSA) is 0 Å². The van der Waals surface area contributed by atoms with Crippen LogP contribution in [0, 0.1) is 0 Å². The van der Waals surface area contributed by atoms with Gasteiger partial charge in [0, 0.05) is 31.4 Å². The van der Waals surface area contributed by atoms with Crippen molar-refractivity contribution < 1.29 is 0 Å². The molecule has 0 spiro atoms. The zero-order valence-electron chi connectivity index (χ0n) is 31.9. The van der Waals surface area contributed by atoms with Crippen molar-refractivity contribution >= 4 is 74.2 Å². The largest absolute Gasteiger partial charge is 0.0622 e. The summed E-state index contributed by atoms with van der Waals surface area (Å²) in [6, 6.07) is 91.4. The molecule has 0 saturated heterocycles. The van der Waals surface area contributed by atoms with Crippen molar-refractivity contribution in [3.05, 3.63) is 275 Å². The van der Waals surface area contributed by atoms with Crippen LogP contribution in [-0.4, -0.2) is 0 Å². The summed E-state index contributed by atoms with van der Waals surface area (Å²) in [5.41, 5.74) is 5.28. The Morgan fingerprint density at radius 1 is 0.172 bits per heavy atom. The zero-order chi connectivity index (χ0) is 38.7. The van der Waals surface area contributed by atoms with Crippen molar-refractivity contribution in [2.75, 3.05) is 0 Å². The number of hydrogen-bond acceptors (Lipinski definition) is 0. The first kappa shape index (κ1) is 37.0. The van der Waals surface area contributed by atoms with Crippen LogP contribution in [0.4, 0.5) is 0 Å². The lowest BCUT2D eigenvalue weighted by atomic mass is 10.1. The third kappa shape index (κ3) is 6.90. The molecule has 2 heterocycles. The van der Waals surface area contributed by atoms with Gasteiger partial charge in [0.1, 0.15) is 0 Å². The van der Waals surface area contributed by atoms with Crippen LogP contribution in [0.25, 0.3) is 21.3 Å². The van der Waals surface area contributed by atoms with Gasteiger partial charge in [-0.1, -0.05) is 243 Å². The molecular formula is C54H40P4. The minimum atomic E-state index is -0.996. The fourth-order valence-electron chi connectivity index (χ4n) is 8.21. The maximum atomic E-state index is 2.41. The molecule has 276 valence electrons. The minimum absolute atomic E-state index is 0.996. The van der Waals surface area contributed by atoms with Crippen LogP contribution in [0.5, 0.6) is 0 Å². The van der Waals surface area contributed by atoms with Crippen LogP contribution in [0.1, 0.15) is 22.3 Å². The molecule has 0 saturated carbocycles. The fraction of sp³-hybridized carbons (Fsp3) is 0. The van der Waals surface area contributed by atoms with Gasteiger partial charge in [-0.15, -0.1) is 0 Å². The average Bonchev–Trinajstić information content (AvgIpc) is 3.86. The molecule has 10 rings (SSSR count). The van der Waals surface area contributed by atoms with Gasteiger partial charge in [-0.3, -0.25) is 0 Å². The normalized spacial score (nSPS) is 19.2. The summed E-state index contributed by atoms with van der Waals surface area (Å²) >= 11 is 0. The molecule has 0 bridgehead atoms. The van der Waals surface area contributed by atoms with Crippen molar-refractivity contribution in [2.45, 2.75) is 0 Å². The molecule has 0 aromatic heterocycles. The Morgan fingerprint density at radius 2 is 0.328 bits per heavy atom. The third-order valence-electron chi connectivity index (χ3n) is 10.6. The molecule has 4 unspecified atom stereocenters. The maximum absolute atomic E-state index is 2.41. The van der Waals surface area contributed by atoms with Gasteiger partial charge in [0.25, 0.3) is 0 Å². The van der Waals surface area contributed by atoms with E-state index < -0.39 is 31.7 Å². The van der Waals surface area contributed by atoms with E-state index in [2.05, 4.69) is 243 Å². The average molecular weight is 813 g/mol. The summed E-state index contributed by atoms with van der Waals surface area (Å²) < 4.78 is 0. The van der Waals surface area contributed by atoms with Gasteiger partial charge in [0.2, 0.25) is 0 Å². The predicted molar refractivity (Wildman–Crippen MR) is 258 cm³/mol. The van der Waals surface area contributed by atoms with E-state index in [4.69, 9.17) is 0 Å². The zero-order valence-corrected chi connectivity index (χ0v) is 35.5. The monoisotopic (exact) mass is 812 g/mol. The second-order valence-corrected chi connectivity index (χ2v) is 23.2. The number of rotatable bonds is 8. The molecule has 0 fully saturated rings. The van der Waals surface area contributed by atoms with E-state index in [0.29, 0.717) is 0 Å². The van der Waals surface area contributed by atoms with Crippen LogP contribution in [0.15, 0.2) is 253 Å². The van der Waals surface area contributed by atoms with E-state index >= 15 is 0 Å². The lowest BCUT2D eigenvalue weighted by Gasteiger charge is -2.31. The Labute approximate surface area is 347 Å². The van der Waals surface area contributed by atoms with Crippen LogP contribution in [0.3, 0.4) is 0 Å². The minimum Gasteiger partial charge on any atom is -0.0622 e. The standard InChI is InChI=1S/C54H40P4/c1-9-25-41(26-10-1)49-50(42-27-11-2-12-28-42)56(46-35-19-6-20-36-46)53(55(49)45-33-17-5-18-34-45)54-57(47-37-21-7-22-38-47)51(43-29-13-3-14-30-43)52(44-31-15-4-16-32-44)58(54)48-39-23-8-24-40-48/h1-40H. The quantitative estimate of drug-likeness (QED) is 0.134. The van der Waals surface area contributed by atoms with E-state index in [9.17, 15) is 0 Å². The molecule has 0 radical (unpaired) electrons. The molecule has 58 heavy (non-hydrogen) atoms. The first-order valence-corrected chi connectivity index (χ1v) is 25.1. The molecular weight excluding hydrogens is 772 g/mol. The van der Waals surface area contributed by atoms with Crippen molar-refractivity contribution in [3.8, 4) is 0 Å². The molecule has 0 N–H and O–H groups in total.